The first-order valence-corrected chi connectivity index (χ1v) is 8.91. The van der Waals surface area contributed by atoms with Gasteiger partial charge in [0.25, 0.3) is 5.91 Å². The lowest BCUT2D eigenvalue weighted by atomic mass is 9.85. The predicted molar refractivity (Wildman–Crippen MR) is 97.9 cm³/mol. The highest BCUT2D eigenvalue weighted by Crippen LogP contribution is 2.24. The molecule has 1 aromatic carbocycles. The number of likely N-dealkylation sites (tertiary alicyclic amines) is 1. The third kappa shape index (κ3) is 4.30. The van der Waals surface area contributed by atoms with E-state index in [9.17, 15) is 4.79 Å². The lowest BCUT2D eigenvalue weighted by molar-refractivity contribution is 0.0732. The Labute approximate surface area is 149 Å². The quantitative estimate of drug-likeness (QED) is 0.877. The Morgan fingerprint density at radius 2 is 1.92 bits per heavy atom. The summed E-state index contributed by atoms with van der Waals surface area (Å²) in [5.74, 6) is 1.32. The molecule has 1 fully saturated rings. The van der Waals surface area contributed by atoms with Gasteiger partial charge in [0.05, 0.1) is 12.1 Å². The maximum atomic E-state index is 12.5. The van der Waals surface area contributed by atoms with Gasteiger partial charge in [-0.3, -0.25) is 9.69 Å². The number of amides is 1. The number of nitrogens with one attached hydrogen (secondary N) is 1. The molecule has 0 saturated carbocycles. The number of nitrogens with zero attached hydrogens (tertiary/aromatic N) is 1. The molecule has 2 unspecified atom stereocenters. The van der Waals surface area contributed by atoms with Crippen LogP contribution in [0.15, 0.2) is 47.1 Å². The van der Waals surface area contributed by atoms with Crippen LogP contribution in [0.1, 0.15) is 35.5 Å². The van der Waals surface area contributed by atoms with E-state index in [-0.39, 0.29) is 11.9 Å². The summed E-state index contributed by atoms with van der Waals surface area (Å²) in [5, 5.41) is 3.19. The highest BCUT2D eigenvalue weighted by Gasteiger charge is 2.33. The minimum absolute atomic E-state index is 0.0799. The van der Waals surface area contributed by atoms with Crippen LogP contribution in [-0.4, -0.2) is 29.9 Å². The molecular weight excluding hydrogens is 314 g/mol. The average Bonchev–Trinajstić information content (AvgIpc) is 3.08. The smallest absolute Gasteiger partial charge is 0.254 e. The van der Waals surface area contributed by atoms with Crippen LogP contribution < -0.4 is 11.1 Å². The molecule has 0 bridgehead atoms. The minimum atomic E-state index is -0.0799. The summed E-state index contributed by atoms with van der Waals surface area (Å²) in [7, 11) is 0. The van der Waals surface area contributed by atoms with Crippen LogP contribution in [0.5, 0.6) is 0 Å². The van der Waals surface area contributed by atoms with E-state index < -0.39 is 0 Å². The molecule has 2 aromatic rings. The van der Waals surface area contributed by atoms with Crippen LogP contribution in [0.25, 0.3) is 0 Å². The first-order chi connectivity index (χ1) is 12.1. The van der Waals surface area contributed by atoms with Gasteiger partial charge in [-0.2, -0.15) is 0 Å². The molecule has 134 valence electrons. The number of rotatable bonds is 5. The standard InChI is InChI=1S/C20H27N3O2/c1-14-10-23(12-16-6-4-3-5-7-16)11-15(2)19(14)22-20(24)17-8-18(9-21)25-13-17/h3-8,13-15,19H,9-12,21H2,1-2H3,(H,22,24). The van der Waals surface area contributed by atoms with E-state index in [1.54, 1.807) is 6.07 Å². The first kappa shape index (κ1) is 17.7. The highest BCUT2D eigenvalue weighted by molar-refractivity contribution is 5.94. The Kier molecular flexibility index (Phi) is 5.56. The second-order valence-corrected chi connectivity index (χ2v) is 7.14. The van der Waals surface area contributed by atoms with Gasteiger partial charge in [0.2, 0.25) is 0 Å². The third-order valence-electron chi connectivity index (χ3n) is 4.98. The van der Waals surface area contributed by atoms with Gasteiger partial charge in [-0.25, -0.2) is 0 Å². The fourth-order valence-corrected chi connectivity index (χ4v) is 3.77. The number of hydrogen-bond donors (Lipinski definition) is 2. The molecule has 2 atom stereocenters. The second-order valence-electron chi connectivity index (χ2n) is 7.14. The fraction of sp³-hybridized carbons (Fsp3) is 0.450. The molecule has 25 heavy (non-hydrogen) atoms. The molecule has 0 spiro atoms. The highest BCUT2D eigenvalue weighted by atomic mass is 16.3. The largest absolute Gasteiger partial charge is 0.467 e. The predicted octanol–water partition coefficient (Wildman–Crippen LogP) is 2.62. The van der Waals surface area contributed by atoms with E-state index in [1.807, 2.05) is 6.07 Å². The van der Waals surface area contributed by atoms with Gasteiger partial charge in [0.1, 0.15) is 12.0 Å². The Morgan fingerprint density at radius 1 is 1.24 bits per heavy atom. The molecule has 3 N–H and O–H groups in total. The molecule has 1 saturated heterocycles. The van der Waals surface area contributed by atoms with Gasteiger partial charge in [-0.15, -0.1) is 0 Å². The van der Waals surface area contributed by atoms with E-state index in [4.69, 9.17) is 10.2 Å². The topological polar surface area (TPSA) is 71.5 Å². The molecule has 3 rings (SSSR count). The van der Waals surface area contributed by atoms with Crippen molar-refractivity contribution in [3.8, 4) is 0 Å². The monoisotopic (exact) mass is 341 g/mol. The molecule has 2 heterocycles. The number of carbonyl (C=O) groups excluding carboxylic acids is 1. The van der Waals surface area contributed by atoms with E-state index in [2.05, 4.69) is 48.3 Å². The van der Waals surface area contributed by atoms with Gasteiger partial charge in [0.15, 0.2) is 0 Å². The Balaban J connectivity index is 1.59. The third-order valence-corrected chi connectivity index (χ3v) is 4.98. The van der Waals surface area contributed by atoms with Crippen LogP contribution >= 0.6 is 0 Å². The maximum Gasteiger partial charge on any atom is 0.254 e. The van der Waals surface area contributed by atoms with Crippen molar-refractivity contribution in [3.05, 3.63) is 59.5 Å². The van der Waals surface area contributed by atoms with Crippen molar-refractivity contribution >= 4 is 5.91 Å². The summed E-state index contributed by atoms with van der Waals surface area (Å²) in [5.41, 5.74) is 7.42. The van der Waals surface area contributed by atoms with Gasteiger partial charge >= 0.3 is 0 Å². The van der Waals surface area contributed by atoms with Gasteiger partial charge < -0.3 is 15.5 Å². The Morgan fingerprint density at radius 3 is 2.52 bits per heavy atom. The fourth-order valence-electron chi connectivity index (χ4n) is 3.77. The zero-order chi connectivity index (χ0) is 17.8. The normalized spacial score (nSPS) is 24.2. The van der Waals surface area contributed by atoms with E-state index in [0.29, 0.717) is 29.7 Å². The van der Waals surface area contributed by atoms with Crippen molar-refractivity contribution in [3.63, 3.8) is 0 Å². The molecule has 1 aliphatic rings. The zero-order valence-electron chi connectivity index (χ0n) is 14.9. The van der Waals surface area contributed by atoms with Crippen molar-refractivity contribution in [2.24, 2.45) is 17.6 Å². The number of benzene rings is 1. The molecule has 1 amide bonds. The van der Waals surface area contributed by atoms with E-state index in [1.165, 1.54) is 11.8 Å². The summed E-state index contributed by atoms with van der Waals surface area (Å²) in [6.07, 6.45) is 1.48. The average molecular weight is 341 g/mol. The van der Waals surface area contributed by atoms with E-state index >= 15 is 0 Å². The summed E-state index contributed by atoms with van der Waals surface area (Å²) in [6, 6.07) is 12.4. The van der Waals surface area contributed by atoms with Crippen molar-refractivity contribution < 1.29 is 9.21 Å². The number of piperidine rings is 1. The van der Waals surface area contributed by atoms with Crippen LogP contribution in [-0.2, 0) is 13.1 Å². The lowest BCUT2D eigenvalue weighted by Crippen LogP contribution is -2.54. The lowest BCUT2D eigenvalue weighted by Gasteiger charge is -2.41. The number of furan rings is 1. The Hall–Kier alpha value is -2.11. The van der Waals surface area contributed by atoms with Crippen molar-refractivity contribution in [2.75, 3.05) is 13.1 Å². The summed E-state index contributed by atoms with van der Waals surface area (Å²) >= 11 is 0. The number of carbonyl (C=O) groups is 1. The molecule has 0 radical (unpaired) electrons. The van der Waals surface area contributed by atoms with Gasteiger partial charge in [0, 0.05) is 25.7 Å². The van der Waals surface area contributed by atoms with Crippen LogP contribution in [0, 0.1) is 11.8 Å². The molecular formula is C20H27N3O2. The molecule has 1 aliphatic heterocycles. The maximum absolute atomic E-state index is 12.5. The summed E-state index contributed by atoms with van der Waals surface area (Å²) in [4.78, 5) is 15.0. The summed E-state index contributed by atoms with van der Waals surface area (Å²) in [6.45, 7) is 7.63. The van der Waals surface area contributed by atoms with Gasteiger partial charge in [-0.05, 0) is 23.5 Å². The van der Waals surface area contributed by atoms with E-state index in [0.717, 1.165) is 19.6 Å². The van der Waals surface area contributed by atoms with Crippen LogP contribution in [0.2, 0.25) is 0 Å². The van der Waals surface area contributed by atoms with Crippen molar-refractivity contribution in [1.82, 2.24) is 10.2 Å². The number of nitrogens with two attached hydrogens (primary N) is 1. The zero-order valence-corrected chi connectivity index (χ0v) is 14.9. The first-order valence-electron chi connectivity index (χ1n) is 8.91. The van der Waals surface area contributed by atoms with Gasteiger partial charge in [-0.1, -0.05) is 44.2 Å². The number of hydrogen-bond acceptors (Lipinski definition) is 4. The molecule has 0 aliphatic carbocycles. The van der Waals surface area contributed by atoms with Crippen molar-refractivity contribution in [2.45, 2.75) is 33.0 Å². The molecule has 5 heteroatoms. The minimum Gasteiger partial charge on any atom is -0.467 e. The SMILES string of the molecule is CC1CN(Cc2ccccc2)CC(C)C1NC(=O)c1coc(CN)c1. The van der Waals surface area contributed by atoms with Crippen LogP contribution in [0.4, 0.5) is 0 Å². The van der Waals surface area contributed by atoms with Crippen LogP contribution in [0.3, 0.4) is 0 Å². The van der Waals surface area contributed by atoms with Crippen molar-refractivity contribution in [1.29, 1.82) is 0 Å². The molecule has 5 nitrogen and oxygen atoms in total. The molecule has 1 aromatic heterocycles. The summed E-state index contributed by atoms with van der Waals surface area (Å²) < 4.78 is 5.27. The second kappa shape index (κ2) is 7.85. The Bertz CT molecular complexity index is 686.